The average molecular weight is 243 g/mol. The fourth-order valence-electron chi connectivity index (χ4n) is 2.38. The molecule has 17 heavy (non-hydrogen) atoms. The Kier molecular flexibility index (Phi) is 7.77. The van der Waals surface area contributed by atoms with Gasteiger partial charge in [-0.2, -0.15) is 0 Å². The summed E-state index contributed by atoms with van der Waals surface area (Å²) in [6.45, 7) is 10.1. The van der Waals surface area contributed by atoms with Crippen molar-refractivity contribution in [2.45, 2.75) is 25.8 Å². The van der Waals surface area contributed by atoms with E-state index in [0.29, 0.717) is 0 Å². The van der Waals surface area contributed by atoms with E-state index in [2.05, 4.69) is 29.1 Å². The van der Waals surface area contributed by atoms with Gasteiger partial charge in [0.2, 0.25) is 0 Å². The zero-order valence-corrected chi connectivity index (χ0v) is 11.7. The molecule has 1 fully saturated rings. The molecule has 102 valence electrons. The van der Waals surface area contributed by atoms with Crippen LogP contribution in [0.1, 0.15) is 19.8 Å². The van der Waals surface area contributed by atoms with Gasteiger partial charge >= 0.3 is 0 Å². The monoisotopic (exact) mass is 243 g/mol. The molecule has 0 bridgehead atoms. The summed E-state index contributed by atoms with van der Waals surface area (Å²) in [4.78, 5) is 5.10. The summed E-state index contributed by atoms with van der Waals surface area (Å²) in [5, 5.41) is 3.40. The number of nitrogens with one attached hydrogen (secondary N) is 1. The topological polar surface area (TPSA) is 27.7 Å². The molecule has 0 spiro atoms. The molecule has 1 rings (SSSR count). The molecule has 1 aliphatic rings. The lowest BCUT2D eigenvalue weighted by atomic mass is 10.1. The van der Waals surface area contributed by atoms with E-state index >= 15 is 0 Å². The number of piperazine rings is 1. The summed E-state index contributed by atoms with van der Waals surface area (Å²) in [6, 6.07) is 0.755. The second-order valence-corrected chi connectivity index (χ2v) is 4.94. The molecular weight excluding hydrogens is 214 g/mol. The van der Waals surface area contributed by atoms with Crippen LogP contribution in [0.3, 0.4) is 0 Å². The Hall–Kier alpha value is -0.160. The predicted molar refractivity (Wildman–Crippen MR) is 72.5 cm³/mol. The van der Waals surface area contributed by atoms with Crippen LogP contribution in [0.4, 0.5) is 0 Å². The lowest BCUT2D eigenvalue weighted by molar-refractivity contribution is 0.0923. The molecule has 0 saturated carbocycles. The molecule has 0 aromatic carbocycles. The van der Waals surface area contributed by atoms with Gasteiger partial charge in [0.15, 0.2) is 0 Å². The van der Waals surface area contributed by atoms with Crippen molar-refractivity contribution in [2.24, 2.45) is 0 Å². The fourth-order valence-corrected chi connectivity index (χ4v) is 2.38. The van der Waals surface area contributed by atoms with Crippen LogP contribution in [0, 0.1) is 0 Å². The first kappa shape index (κ1) is 14.9. The Balaban J connectivity index is 2.03. The van der Waals surface area contributed by atoms with Crippen LogP contribution in [0.2, 0.25) is 0 Å². The van der Waals surface area contributed by atoms with Crippen molar-refractivity contribution in [3.8, 4) is 0 Å². The zero-order valence-electron chi connectivity index (χ0n) is 11.7. The normalized spacial score (nSPS) is 23.1. The molecule has 1 unspecified atom stereocenters. The van der Waals surface area contributed by atoms with E-state index in [-0.39, 0.29) is 0 Å². The summed E-state index contributed by atoms with van der Waals surface area (Å²) in [5.74, 6) is 0. The third kappa shape index (κ3) is 5.82. The first-order valence-corrected chi connectivity index (χ1v) is 6.90. The van der Waals surface area contributed by atoms with Gasteiger partial charge in [0.1, 0.15) is 0 Å². The van der Waals surface area contributed by atoms with Crippen molar-refractivity contribution < 1.29 is 4.74 Å². The first-order valence-electron chi connectivity index (χ1n) is 6.90. The third-order valence-corrected chi connectivity index (χ3v) is 3.64. The summed E-state index contributed by atoms with van der Waals surface area (Å²) in [7, 11) is 3.99. The molecular formula is C13H29N3O. The maximum atomic E-state index is 5.00. The van der Waals surface area contributed by atoms with E-state index in [1.54, 1.807) is 7.11 Å². The number of likely N-dealkylation sites (N-methyl/N-ethyl adjacent to an activating group) is 1. The zero-order chi connectivity index (χ0) is 12.5. The fraction of sp³-hybridized carbons (Fsp3) is 1.00. The van der Waals surface area contributed by atoms with Gasteiger partial charge in [-0.25, -0.2) is 0 Å². The van der Waals surface area contributed by atoms with Crippen LogP contribution in [0.5, 0.6) is 0 Å². The lowest BCUT2D eigenvalue weighted by Gasteiger charge is -2.39. The number of rotatable bonds is 8. The molecule has 1 aliphatic heterocycles. The highest BCUT2D eigenvalue weighted by molar-refractivity contribution is 4.78. The van der Waals surface area contributed by atoms with Crippen LogP contribution in [-0.4, -0.2) is 75.9 Å². The maximum absolute atomic E-state index is 5.00. The molecule has 4 nitrogen and oxygen atoms in total. The van der Waals surface area contributed by atoms with Crippen molar-refractivity contribution in [2.75, 3.05) is 60.0 Å². The molecule has 0 radical (unpaired) electrons. The van der Waals surface area contributed by atoms with Gasteiger partial charge in [-0.1, -0.05) is 6.92 Å². The van der Waals surface area contributed by atoms with Crippen molar-refractivity contribution in [3.63, 3.8) is 0 Å². The van der Waals surface area contributed by atoms with Gasteiger partial charge < -0.3 is 19.9 Å². The Bertz CT molecular complexity index is 190. The maximum Gasteiger partial charge on any atom is 0.0587 e. The van der Waals surface area contributed by atoms with E-state index in [4.69, 9.17) is 4.74 Å². The highest BCUT2D eigenvalue weighted by Gasteiger charge is 2.21. The van der Waals surface area contributed by atoms with Crippen molar-refractivity contribution in [1.82, 2.24) is 15.1 Å². The van der Waals surface area contributed by atoms with Gasteiger partial charge in [-0.15, -0.1) is 0 Å². The second-order valence-electron chi connectivity index (χ2n) is 4.94. The van der Waals surface area contributed by atoms with Gasteiger partial charge in [-0.3, -0.25) is 0 Å². The minimum Gasteiger partial charge on any atom is -0.383 e. The number of nitrogens with zero attached hydrogens (tertiary/aromatic N) is 2. The van der Waals surface area contributed by atoms with E-state index in [0.717, 1.165) is 25.7 Å². The Labute approximate surface area is 106 Å². The van der Waals surface area contributed by atoms with Crippen molar-refractivity contribution in [1.29, 1.82) is 0 Å². The molecule has 0 amide bonds. The standard InChI is InChI=1S/C13H29N3O/c1-4-13-12-16(10-9-15(13)2)8-5-6-14-7-11-17-3/h13-14H,4-12H2,1-3H3. The van der Waals surface area contributed by atoms with Gasteiger partial charge in [0, 0.05) is 39.3 Å². The largest absolute Gasteiger partial charge is 0.383 e. The summed E-state index contributed by atoms with van der Waals surface area (Å²) >= 11 is 0. The molecule has 4 heteroatoms. The lowest BCUT2D eigenvalue weighted by Crippen LogP contribution is -2.51. The van der Waals surface area contributed by atoms with Crippen molar-refractivity contribution in [3.05, 3.63) is 0 Å². The third-order valence-electron chi connectivity index (χ3n) is 3.64. The SMILES string of the molecule is CCC1CN(CCCNCCOC)CCN1C. The smallest absolute Gasteiger partial charge is 0.0587 e. The molecule has 0 aromatic rings. The van der Waals surface area contributed by atoms with Crippen LogP contribution >= 0.6 is 0 Å². The van der Waals surface area contributed by atoms with E-state index in [9.17, 15) is 0 Å². The van der Waals surface area contributed by atoms with Crippen LogP contribution < -0.4 is 5.32 Å². The van der Waals surface area contributed by atoms with Crippen LogP contribution in [-0.2, 0) is 4.74 Å². The van der Waals surface area contributed by atoms with Crippen molar-refractivity contribution >= 4 is 0 Å². The van der Waals surface area contributed by atoms with Crippen LogP contribution in [0.25, 0.3) is 0 Å². The average Bonchev–Trinajstić information content (AvgIpc) is 2.35. The highest BCUT2D eigenvalue weighted by atomic mass is 16.5. The van der Waals surface area contributed by atoms with E-state index in [1.807, 2.05) is 0 Å². The predicted octanol–water partition coefficient (Wildman–Crippen LogP) is 0.639. The Morgan fingerprint density at radius 2 is 2.12 bits per heavy atom. The quantitative estimate of drug-likeness (QED) is 0.633. The summed E-state index contributed by atoms with van der Waals surface area (Å²) in [5.41, 5.74) is 0. The minimum atomic E-state index is 0.755. The molecule has 0 aromatic heterocycles. The number of hydrogen-bond donors (Lipinski definition) is 1. The van der Waals surface area contributed by atoms with Gasteiger partial charge in [0.25, 0.3) is 0 Å². The molecule has 1 heterocycles. The molecule has 1 saturated heterocycles. The number of ether oxygens (including phenoxy) is 1. The molecule has 0 aliphatic carbocycles. The van der Waals surface area contributed by atoms with Gasteiger partial charge in [-0.05, 0) is 33.0 Å². The van der Waals surface area contributed by atoms with E-state index in [1.165, 1.54) is 39.0 Å². The molecule has 1 atom stereocenters. The first-order chi connectivity index (χ1) is 8.27. The second kappa shape index (κ2) is 8.86. The molecule has 1 N–H and O–H groups in total. The number of methoxy groups -OCH3 is 1. The van der Waals surface area contributed by atoms with Gasteiger partial charge in [0.05, 0.1) is 6.61 Å². The van der Waals surface area contributed by atoms with Crippen LogP contribution in [0.15, 0.2) is 0 Å². The van der Waals surface area contributed by atoms with E-state index < -0.39 is 0 Å². The Morgan fingerprint density at radius 1 is 1.29 bits per heavy atom. The minimum absolute atomic E-state index is 0.755. The Morgan fingerprint density at radius 3 is 2.82 bits per heavy atom. The number of hydrogen-bond acceptors (Lipinski definition) is 4. The summed E-state index contributed by atoms with van der Waals surface area (Å²) in [6.07, 6.45) is 2.50. The summed E-state index contributed by atoms with van der Waals surface area (Å²) < 4.78 is 5.00. The highest BCUT2D eigenvalue weighted by Crippen LogP contribution is 2.10.